The summed E-state index contributed by atoms with van der Waals surface area (Å²) in [7, 11) is 0. The number of hydrogen-bond donors (Lipinski definition) is 0. The van der Waals surface area contributed by atoms with Crippen LogP contribution in [0.2, 0.25) is 0 Å². The third-order valence-electron chi connectivity index (χ3n) is 6.48. The third-order valence-corrected chi connectivity index (χ3v) is 6.48. The average molecular weight is 566 g/mol. The Kier molecular flexibility index (Phi) is 9.99. The molecule has 194 valence electrons. The second-order valence-electron chi connectivity index (χ2n) is 10.2. The first kappa shape index (κ1) is 30.0. The molecule has 0 unspecified atom stereocenters. The summed E-state index contributed by atoms with van der Waals surface area (Å²) in [6.45, 7) is 16.8. The molecule has 0 saturated carbocycles. The quantitative estimate of drug-likeness (QED) is 0.124. The second kappa shape index (κ2) is 13.0. The van der Waals surface area contributed by atoms with E-state index in [0.717, 1.165) is 44.6 Å². The van der Waals surface area contributed by atoms with Gasteiger partial charge in [-0.05, 0) is 65.8 Å². The molecule has 39 heavy (non-hydrogen) atoms. The Balaban J connectivity index is 0.000000249. The molecule has 2 heterocycles. The van der Waals surface area contributed by atoms with E-state index < -0.39 is 0 Å². The first-order chi connectivity index (χ1) is 18.1. The predicted molar refractivity (Wildman–Crippen MR) is 163 cm³/mol. The monoisotopic (exact) mass is 564 g/mol. The van der Waals surface area contributed by atoms with Gasteiger partial charge in [0.1, 0.15) is 0 Å². The van der Waals surface area contributed by atoms with Crippen LogP contribution in [0, 0.1) is 41.5 Å². The Labute approximate surface area is 245 Å². The van der Waals surface area contributed by atoms with Crippen LogP contribution in [0.4, 0.5) is 11.4 Å². The Morgan fingerprint density at radius 1 is 0.795 bits per heavy atom. The smallest absolute Gasteiger partial charge is 0.661 e. The van der Waals surface area contributed by atoms with Crippen LogP contribution in [-0.4, -0.2) is 15.7 Å². The molecule has 0 spiro atoms. The minimum absolute atomic E-state index is 0. The van der Waals surface area contributed by atoms with Crippen molar-refractivity contribution in [1.82, 2.24) is 9.97 Å². The van der Waals surface area contributed by atoms with Crippen LogP contribution in [0.15, 0.2) is 83.8 Å². The summed E-state index contributed by atoms with van der Waals surface area (Å²) in [5.74, 6) is 0. The zero-order valence-electron chi connectivity index (χ0n) is 24.4. The van der Waals surface area contributed by atoms with Gasteiger partial charge in [-0.1, -0.05) is 77.0 Å². The van der Waals surface area contributed by atoms with Crippen LogP contribution in [0.25, 0.3) is 27.1 Å². The zero-order chi connectivity index (χ0) is 27.4. The Morgan fingerprint density at radius 3 is 2.03 bits per heavy atom. The second-order valence-corrected chi connectivity index (χ2v) is 10.2. The third kappa shape index (κ3) is 7.31. The molecule has 0 aliphatic heterocycles. The predicted octanol–water partition coefficient (Wildman–Crippen LogP) is 9.74. The number of aliphatic imine (C=N–C) groups is 1. The van der Waals surface area contributed by atoms with E-state index in [4.69, 9.17) is 10.3 Å². The molecule has 5 aromatic rings. The van der Waals surface area contributed by atoms with E-state index in [0.29, 0.717) is 0 Å². The fraction of sp³-hybridized carbons (Fsp3) is 0.235. The number of nitrogens with zero attached hydrogens (tertiary/aromatic N) is 4. The van der Waals surface area contributed by atoms with Crippen molar-refractivity contribution in [3.05, 3.63) is 117 Å². The normalized spacial score (nSPS) is 11.7. The number of hydrogen-bond acceptors (Lipinski definition) is 3. The number of benzene rings is 2. The van der Waals surface area contributed by atoms with Gasteiger partial charge in [0.15, 0.2) is 0 Å². The van der Waals surface area contributed by atoms with E-state index in [2.05, 4.69) is 100 Å². The van der Waals surface area contributed by atoms with Crippen molar-refractivity contribution < 1.29 is 19.5 Å². The van der Waals surface area contributed by atoms with Crippen LogP contribution < -0.4 is 0 Å². The maximum atomic E-state index is 4.82. The van der Waals surface area contributed by atoms with Crippen molar-refractivity contribution in [2.45, 2.75) is 55.4 Å². The van der Waals surface area contributed by atoms with Gasteiger partial charge in [-0.3, -0.25) is 9.98 Å². The van der Waals surface area contributed by atoms with Gasteiger partial charge in [0.25, 0.3) is 0 Å². The maximum absolute atomic E-state index is 4.82. The summed E-state index contributed by atoms with van der Waals surface area (Å²) >= 11 is 0. The van der Waals surface area contributed by atoms with Crippen molar-refractivity contribution in [1.29, 1.82) is 0 Å². The molecule has 0 aliphatic rings. The Morgan fingerprint density at radius 2 is 1.38 bits per heavy atom. The van der Waals surface area contributed by atoms with Gasteiger partial charge in [-0.2, -0.15) is 5.70 Å². The first-order valence-corrected chi connectivity index (χ1v) is 13.0. The Hall–Kier alpha value is -3.56. The largest absolute Gasteiger partial charge is 2.00 e. The van der Waals surface area contributed by atoms with Crippen LogP contribution in [0.5, 0.6) is 0 Å². The van der Waals surface area contributed by atoms with Gasteiger partial charge >= 0.3 is 19.5 Å². The number of aromatic nitrogens is 2. The van der Waals surface area contributed by atoms with Crippen molar-refractivity contribution >= 4 is 38.9 Å². The standard InChI is InChI=1S/C23H29N2.C11H7N2.Zn/c1-14-9-16(3)22(17(4)10-14)24-20(7)13-21(8)25-23-18(5)11-15(2)12-19(23)6;1-3-8-7-9-4-2-6-13-11(9)10(8)12-5-1;/h9-13H,1-8H3;1-7H;/q2*-1;+2/b20-13-,25-21?;;. The zero-order valence-corrected chi connectivity index (χ0v) is 27.4. The van der Waals surface area contributed by atoms with E-state index in [9.17, 15) is 0 Å². The van der Waals surface area contributed by atoms with Crippen LogP contribution in [0.3, 0.4) is 0 Å². The molecule has 2 aromatic heterocycles. The first-order valence-electron chi connectivity index (χ1n) is 13.0. The van der Waals surface area contributed by atoms with Crippen molar-refractivity contribution in [3.8, 4) is 0 Å². The summed E-state index contributed by atoms with van der Waals surface area (Å²) in [4.78, 5) is 13.4. The summed E-state index contributed by atoms with van der Waals surface area (Å²) in [6, 6.07) is 18.8. The van der Waals surface area contributed by atoms with E-state index in [1.54, 1.807) is 12.4 Å². The number of aryl methyl sites for hydroxylation is 6. The van der Waals surface area contributed by atoms with Crippen LogP contribution >= 0.6 is 0 Å². The summed E-state index contributed by atoms with van der Waals surface area (Å²) in [6.07, 6.45) is 5.66. The molecule has 4 nitrogen and oxygen atoms in total. The van der Waals surface area contributed by atoms with Gasteiger partial charge < -0.3 is 10.3 Å². The van der Waals surface area contributed by atoms with E-state index in [-0.39, 0.29) is 19.5 Å². The molecule has 0 fully saturated rings. The van der Waals surface area contributed by atoms with E-state index >= 15 is 0 Å². The molecular formula is C34H36N4Zn. The van der Waals surface area contributed by atoms with Gasteiger partial charge in [0, 0.05) is 22.9 Å². The summed E-state index contributed by atoms with van der Waals surface area (Å²) in [5, 5.41) is 7.15. The minimum atomic E-state index is 0. The molecule has 5 heteroatoms. The number of pyridine rings is 2. The fourth-order valence-corrected chi connectivity index (χ4v) is 5.05. The fourth-order valence-electron chi connectivity index (χ4n) is 5.05. The molecular weight excluding hydrogens is 530 g/mol. The van der Waals surface area contributed by atoms with E-state index in [1.165, 1.54) is 33.4 Å². The van der Waals surface area contributed by atoms with Crippen molar-refractivity contribution in [3.63, 3.8) is 0 Å². The van der Waals surface area contributed by atoms with Gasteiger partial charge in [0.05, 0.1) is 5.69 Å². The SMILES string of the molecule is CC(/C=C(/C)[N-]c1c(C)cc(C)cc1C)=Nc1c(C)cc(C)cc1C.[Zn+2].c1cnc2c(c1)cc1cccn[c-]12. The van der Waals surface area contributed by atoms with Gasteiger partial charge in [-0.15, -0.1) is 29.3 Å². The van der Waals surface area contributed by atoms with Crippen LogP contribution in [-0.2, 0) is 19.5 Å². The molecule has 5 rings (SSSR count). The topological polar surface area (TPSA) is 52.2 Å². The number of fused-ring (bicyclic) bond motifs is 3. The molecule has 0 saturated heterocycles. The van der Waals surface area contributed by atoms with Gasteiger partial charge in [-0.25, -0.2) is 0 Å². The molecule has 0 bridgehead atoms. The molecule has 0 atom stereocenters. The molecule has 0 N–H and O–H groups in total. The molecule has 0 amide bonds. The van der Waals surface area contributed by atoms with Crippen molar-refractivity contribution in [2.75, 3.05) is 0 Å². The summed E-state index contributed by atoms with van der Waals surface area (Å²) in [5.41, 5.74) is 13.5. The molecule has 0 radical (unpaired) electrons. The average Bonchev–Trinajstić information content (AvgIpc) is 3.23. The Bertz CT molecular complexity index is 1580. The summed E-state index contributed by atoms with van der Waals surface area (Å²) < 4.78 is 0. The minimum Gasteiger partial charge on any atom is -0.661 e. The maximum Gasteiger partial charge on any atom is 2.00 e. The van der Waals surface area contributed by atoms with Crippen LogP contribution in [0.1, 0.15) is 47.2 Å². The van der Waals surface area contributed by atoms with Gasteiger partial charge in [0.2, 0.25) is 0 Å². The molecule has 3 aromatic carbocycles. The van der Waals surface area contributed by atoms with Crippen molar-refractivity contribution in [2.24, 2.45) is 4.99 Å². The van der Waals surface area contributed by atoms with E-state index in [1.807, 2.05) is 26.0 Å². The number of allylic oxidation sites excluding steroid dienone is 2. The number of rotatable bonds is 4. The molecule has 0 aliphatic carbocycles.